The largest absolute Gasteiger partial charge is 0.487 e. The molecule has 2 N–H and O–H groups in total. The lowest BCUT2D eigenvalue weighted by Gasteiger charge is -2.25. The van der Waals surface area contributed by atoms with E-state index in [1.54, 1.807) is 25.1 Å². The molecule has 0 fully saturated rings. The van der Waals surface area contributed by atoms with Gasteiger partial charge in [-0.2, -0.15) is 0 Å². The van der Waals surface area contributed by atoms with Gasteiger partial charge in [0.05, 0.1) is 17.1 Å². The third kappa shape index (κ3) is 2.53. The number of anilines is 1. The van der Waals surface area contributed by atoms with Gasteiger partial charge in [-0.05, 0) is 25.1 Å². The Morgan fingerprint density at radius 3 is 3.00 bits per heavy atom. The lowest BCUT2D eigenvalue weighted by atomic mass is 10.2. The Hall–Kier alpha value is -1.27. The molecule has 1 aliphatic heterocycles. The zero-order chi connectivity index (χ0) is 12.5. The van der Waals surface area contributed by atoms with Crippen LogP contribution in [0.1, 0.15) is 13.8 Å². The first-order valence-electron chi connectivity index (χ1n) is 5.57. The minimum Gasteiger partial charge on any atom is -0.487 e. The molecular weight excluding hydrogens is 240 g/mol. The van der Waals surface area contributed by atoms with Crippen LogP contribution in [-0.4, -0.2) is 27.6 Å². The van der Waals surface area contributed by atoms with Crippen LogP contribution in [0.4, 0.5) is 5.69 Å². The van der Waals surface area contributed by atoms with E-state index in [9.17, 15) is 8.42 Å². The number of ether oxygens (including phenoxy) is 1. The van der Waals surface area contributed by atoms with Crippen molar-refractivity contribution in [2.45, 2.75) is 24.8 Å². The summed E-state index contributed by atoms with van der Waals surface area (Å²) >= 11 is 0. The molecule has 17 heavy (non-hydrogen) atoms. The molecule has 1 atom stereocenters. The van der Waals surface area contributed by atoms with Gasteiger partial charge >= 0.3 is 0 Å². The van der Waals surface area contributed by atoms with Gasteiger partial charge in [-0.1, -0.05) is 6.92 Å². The zero-order valence-corrected chi connectivity index (χ0v) is 10.7. The number of nitrogens with one attached hydrogen (secondary N) is 2. The fourth-order valence-corrected chi connectivity index (χ4v) is 2.77. The third-order valence-corrected chi connectivity index (χ3v) is 4.05. The minimum absolute atomic E-state index is 0.0960. The number of sulfonamides is 1. The van der Waals surface area contributed by atoms with Crippen molar-refractivity contribution in [3.63, 3.8) is 0 Å². The highest BCUT2D eigenvalue weighted by Crippen LogP contribution is 2.31. The van der Waals surface area contributed by atoms with Crippen LogP contribution in [0.3, 0.4) is 0 Å². The summed E-state index contributed by atoms with van der Waals surface area (Å²) in [6.07, 6.45) is 0.0960. The molecule has 1 unspecified atom stereocenters. The molecule has 1 heterocycles. The highest BCUT2D eigenvalue weighted by atomic mass is 32.2. The standard InChI is InChI=1S/C11H16N2O3S/c1-3-13-17(14,15)9-4-5-11-10(6-9)12-7-8(2)16-11/h4-6,8,12-13H,3,7H2,1-2H3. The molecule has 1 aromatic rings. The van der Waals surface area contributed by atoms with E-state index >= 15 is 0 Å². The first-order valence-corrected chi connectivity index (χ1v) is 7.05. The highest BCUT2D eigenvalue weighted by molar-refractivity contribution is 7.89. The molecule has 1 aromatic carbocycles. The summed E-state index contributed by atoms with van der Waals surface area (Å²) in [5.41, 5.74) is 0.724. The maximum absolute atomic E-state index is 11.8. The Labute approximate surface area is 101 Å². The van der Waals surface area contributed by atoms with Crippen LogP contribution >= 0.6 is 0 Å². The average molecular weight is 256 g/mol. The molecule has 0 bridgehead atoms. The van der Waals surface area contributed by atoms with Crippen molar-refractivity contribution in [1.29, 1.82) is 0 Å². The second-order valence-corrected chi connectivity index (χ2v) is 5.74. The first-order chi connectivity index (χ1) is 8.03. The van der Waals surface area contributed by atoms with Gasteiger partial charge < -0.3 is 10.1 Å². The lowest BCUT2D eigenvalue weighted by molar-refractivity contribution is 0.226. The van der Waals surface area contributed by atoms with Crippen molar-refractivity contribution in [2.75, 3.05) is 18.4 Å². The summed E-state index contributed by atoms with van der Waals surface area (Å²) < 4.78 is 31.6. The van der Waals surface area contributed by atoms with E-state index in [0.29, 0.717) is 18.8 Å². The van der Waals surface area contributed by atoms with E-state index in [2.05, 4.69) is 10.0 Å². The van der Waals surface area contributed by atoms with Crippen LogP contribution < -0.4 is 14.8 Å². The monoisotopic (exact) mass is 256 g/mol. The van der Waals surface area contributed by atoms with E-state index in [0.717, 1.165) is 5.69 Å². The van der Waals surface area contributed by atoms with Crippen LogP contribution in [-0.2, 0) is 10.0 Å². The summed E-state index contributed by atoms with van der Waals surface area (Å²) in [6, 6.07) is 4.83. The summed E-state index contributed by atoms with van der Waals surface area (Å²) in [7, 11) is -3.40. The van der Waals surface area contributed by atoms with Crippen molar-refractivity contribution < 1.29 is 13.2 Å². The molecule has 0 aromatic heterocycles. The zero-order valence-electron chi connectivity index (χ0n) is 9.86. The van der Waals surface area contributed by atoms with E-state index in [1.165, 1.54) is 0 Å². The van der Waals surface area contributed by atoms with Crippen LogP contribution in [0.15, 0.2) is 23.1 Å². The van der Waals surface area contributed by atoms with E-state index in [1.807, 2.05) is 6.92 Å². The van der Waals surface area contributed by atoms with Crippen molar-refractivity contribution in [2.24, 2.45) is 0 Å². The molecular formula is C11H16N2O3S. The molecule has 0 aliphatic carbocycles. The average Bonchev–Trinajstić information content (AvgIpc) is 2.28. The molecule has 0 radical (unpaired) electrons. The van der Waals surface area contributed by atoms with Crippen LogP contribution in [0.25, 0.3) is 0 Å². The predicted octanol–water partition coefficient (Wildman–Crippen LogP) is 1.18. The van der Waals surface area contributed by atoms with Crippen molar-refractivity contribution >= 4 is 15.7 Å². The molecule has 1 aliphatic rings. The van der Waals surface area contributed by atoms with Crippen molar-refractivity contribution in [1.82, 2.24) is 4.72 Å². The third-order valence-electron chi connectivity index (χ3n) is 2.50. The normalized spacial score (nSPS) is 19.1. The SMILES string of the molecule is CCNS(=O)(=O)c1ccc2c(c1)NCC(C)O2. The lowest BCUT2D eigenvalue weighted by Crippen LogP contribution is -2.28. The molecule has 5 nitrogen and oxygen atoms in total. The Bertz CT molecular complexity index is 513. The Morgan fingerprint density at radius 1 is 1.53 bits per heavy atom. The van der Waals surface area contributed by atoms with E-state index in [4.69, 9.17) is 4.74 Å². The van der Waals surface area contributed by atoms with Crippen LogP contribution in [0, 0.1) is 0 Å². The molecule has 6 heteroatoms. The molecule has 0 saturated heterocycles. The molecule has 0 amide bonds. The second kappa shape index (κ2) is 4.54. The second-order valence-electron chi connectivity index (χ2n) is 3.97. The quantitative estimate of drug-likeness (QED) is 0.852. The fraction of sp³-hybridized carbons (Fsp3) is 0.455. The smallest absolute Gasteiger partial charge is 0.240 e. The van der Waals surface area contributed by atoms with Crippen molar-refractivity contribution in [3.8, 4) is 5.75 Å². The number of benzene rings is 1. The maximum atomic E-state index is 11.8. The summed E-state index contributed by atoms with van der Waals surface area (Å²) in [4.78, 5) is 0.253. The fourth-order valence-electron chi connectivity index (χ4n) is 1.70. The molecule has 94 valence electrons. The predicted molar refractivity (Wildman–Crippen MR) is 65.9 cm³/mol. The molecule has 0 saturated carbocycles. The van der Waals surface area contributed by atoms with Crippen molar-refractivity contribution in [3.05, 3.63) is 18.2 Å². The number of rotatable bonds is 3. The Kier molecular flexibility index (Phi) is 3.26. The van der Waals surface area contributed by atoms with Gasteiger partial charge in [0.2, 0.25) is 10.0 Å². The molecule has 0 spiro atoms. The Morgan fingerprint density at radius 2 is 2.29 bits per heavy atom. The van der Waals surface area contributed by atoms with Gasteiger partial charge in [0.1, 0.15) is 11.9 Å². The Balaban J connectivity index is 2.34. The molecule has 2 rings (SSSR count). The summed E-state index contributed by atoms with van der Waals surface area (Å²) in [6.45, 7) is 4.76. The van der Waals surface area contributed by atoms with E-state index < -0.39 is 10.0 Å². The van der Waals surface area contributed by atoms with Gasteiger partial charge in [-0.3, -0.25) is 0 Å². The number of hydrogen-bond donors (Lipinski definition) is 2. The van der Waals surface area contributed by atoms with Crippen LogP contribution in [0.5, 0.6) is 5.75 Å². The summed E-state index contributed by atoms with van der Waals surface area (Å²) in [5, 5.41) is 3.15. The van der Waals surface area contributed by atoms with Gasteiger partial charge in [0.25, 0.3) is 0 Å². The maximum Gasteiger partial charge on any atom is 0.240 e. The topological polar surface area (TPSA) is 67.4 Å². The van der Waals surface area contributed by atoms with Gasteiger partial charge in [-0.15, -0.1) is 0 Å². The number of hydrogen-bond acceptors (Lipinski definition) is 4. The van der Waals surface area contributed by atoms with Crippen LogP contribution in [0.2, 0.25) is 0 Å². The van der Waals surface area contributed by atoms with Gasteiger partial charge in [0, 0.05) is 6.54 Å². The van der Waals surface area contributed by atoms with Gasteiger partial charge in [0.15, 0.2) is 0 Å². The van der Waals surface area contributed by atoms with E-state index in [-0.39, 0.29) is 11.0 Å². The summed E-state index contributed by atoms with van der Waals surface area (Å²) in [5.74, 6) is 0.694. The first kappa shape index (κ1) is 12.2. The minimum atomic E-state index is -3.40. The van der Waals surface area contributed by atoms with Gasteiger partial charge in [-0.25, -0.2) is 13.1 Å². The highest BCUT2D eigenvalue weighted by Gasteiger charge is 2.19. The number of fused-ring (bicyclic) bond motifs is 1.